The van der Waals surface area contributed by atoms with Gasteiger partial charge in [-0.3, -0.25) is 14.5 Å². The molecule has 3 rings (SSSR count). The molecular formula is C21H19NO3. The highest BCUT2D eigenvalue weighted by molar-refractivity contribution is 6.30. The lowest BCUT2D eigenvalue weighted by atomic mass is 9.81. The number of nitrogens with zero attached hydrogens (tertiary/aromatic N) is 1. The molecule has 0 atom stereocenters. The summed E-state index contributed by atoms with van der Waals surface area (Å²) < 4.78 is 0. The van der Waals surface area contributed by atoms with Gasteiger partial charge in [0.25, 0.3) is 0 Å². The summed E-state index contributed by atoms with van der Waals surface area (Å²) in [6.45, 7) is 6.49. The molecule has 0 saturated carbocycles. The minimum absolute atomic E-state index is 0.0540. The van der Waals surface area contributed by atoms with Gasteiger partial charge in [0.2, 0.25) is 0 Å². The highest BCUT2D eigenvalue weighted by Crippen LogP contribution is 2.34. The van der Waals surface area contributed by atoms with Gasteiger partial charge >= 0.3 is 0 Å². The van der Waals surface area contributed by atoms with E-state index in [1.807, 2.05) is 0 Å². The van der Waals surface area contributed by atoms with E-state index in [9.17, 15) is 14.7 Å². The fourth-order valence-electron chi connectivity index (χ4n) is 3.00. The number of aromatic hydroxyl groups is 1. The van der Waals surface area contributed by atoms with Crippen molar-refractivity contribution >= 4 is 11.6 Å². The minimum Gasteiger partial charge on any atom is -0.507 e. The molecular weight excluding hydrogens is 314 g/mol. The van der Waals surface area contributed by atoms with Crippen molar-refractivity contribution < 1.29 is 14.7 Å². The van der Waals surface area contributed by atoms with E-state index in [4.69, 9.17) is 0 Å². The molecule has 4 nitrogen and oxygen atoms in total. The van der Waals surface area contributed by atoms with Gasteiger partial charge < -0.3 is 5.11 Å². The molecule has 0 spiro atoms. The van der Waals surface area contributed by atoms with Crippen molar-refractivity contribution in [3.05, 3.63) is 64.2 Å². The maximum atomic E-state index is 12.9. The summed E-state index contributed by atoms with van der Waals surface area (Å²) >= 11 is 0. The molecule has 0 aromatic heterocycles. The third-order valence-corrected chi connectivity index (χ3v) is 4.47. The molecule has 0 saturated heterocycles. The quantitative estimate of drug-likeness (QED) is 0.749. The maximum Gasteiger partial charge on any atom is 0.198 e. The molecule has 4 heteroatoms. The van der Waals surface area contributed by atoms with Gasteiger partial charge in [-0.25, -0.2) is 0 Å². The molecule has 25 heavy (non-hydrogen) atoms. The molecule has 1 aliphatic carbocycles. The predicted octanol–water partition coefficient (Wildman–Crippen LogP) is 2.86. The first-order chi connectivity index (χ1) is 12.1. The maximum absolute atomic E-state index is 12.9. The van der Waals surface area contributed by atoms with Gasteiger partial charge in [0, 0.05) is 16.7 Å². The molecule has 0 aliphatic heterocycles. The lowest BCUT2D eigenvalue weighted by Crippen LogP contribution is -2.23. The van der Waals surface area contributed by atoms with Crippen LogP contribution in [0.4, 0.5) is 0 Å². The van der Waals surface area contributed by atoms with Crippen molar-refractivity contribution in [3.63, 3.8) is 0 Å². The second kappa shape index (κ2) is 6.92. The third kappa shape index (κ3) is 2.95. The van der Waals surface area contributed by atoms with Gasteiger partial charge in [-0.2, -0.15) is 0 Å². The van der Waals surface area contributed by atoms with E-state index in [1.165, 1.54) is 6.07 Å². The first-order valence-corrected chi connectivity index (χ1v) is 8.34. The molecule has 0 bridgehead atoms. The molecule has 2 aromatic rings. The van der Waals surface area contributed by atoms with Gasteiger partial charge in [-0.05, 0) is 25.2 Å². The Morgan fingerprint density at radius 2 is 1.52 bits per heavy atom. The molecule has 0 fully saturated rings. The van der Waals surface area contributed by atoms with Crippen LogP contribution in [0.2, 0.25) is 0 Å². The van der Waals surface area contributed by atoms with Gasteiger partial charge in [0.05, 0.1) is 17.7 Å². The van der Waals surface area contributed by atoms with Crippen LogP contribution in [0, 0.1) is 11.8 Å². The molecule has 126 valence electrons. The average molecular weight is 333 g/mol. The molecule has 2 aromatic carbocycles. The van der Waals surface area contributed by atoms with Gasteiger partial charge in [-0.15, -0.1) is 0 Å². The summed E-state index contributed by atoms with van der Waals surface area (Å²) in [5.41, 5.74) is 1.42. The number of fused-ring (bicyclic) bond motifs is 2. The van der Waals surface area contributed by atoms with E-state index in [0.29, 0.717) is 23.2 Å². The highest BCUT2D eigenvalue weighted by Gasteiger charge is 2.33. The van der Waals surface area contributed by atoms with Gasteiger partial charge in [0.1, 0.15) is 5.75 Å². The third-order valence-electron chi connectivity index (χ3n) is 4.47. The summed E-state index contributed by atoms with van der Waals surface area (Å²) in [5, 5.41) is 10.2. The van der Waals surface area contributed by atoms with E-state index < -0.39 is 0 Å². The van der Waals surface area contributed by atoms with Crippen molar-refractivity contribution in [3.8, 4) is 17.6 Å². The fraction of sp³-hybridized carbons (Fsp3) is 0.238. The number of benzene rings is 2. The van der Waals surface area contributed by atoms with E-state index in [-0.39, 0.29) is 28.4 Å². The van der Waals surface area contributed by atoms with Gasteiger partial charge in [-0.1, -0.05) is 50.0 Å². The Morgan fingerprint density at radius 1 is 0.920 bits per heavy atom. The van der Waals surface area contributed by atoms with E-state index in [2.05, 4.69) is 30.6 Å². The van der Waals surface area contributed by atoms with Crippen molar-refractivity contribution in [1.82, 2.24) is 4.90 Å². The molecule has 0 amide bonds. The Morgan fingerprint density at radius 3 is 2.12 bits per heavy atom. The largest absolute Gasteiger partial charge is 0.507 e. The number of hydrogen-bond donors (Lipinski definition) is 1. The van der Waals surface area contributed by atoms with Crippen LogP contribution >= 0.6 is 0 Å². The van der Waals surface area contributed by atoms with Crippen LogP contribution in [0.1, 0.15) is 51.3 Å². The molecule has 1 aliphatic rings. The molecule has 0 heterocycles. The Kier molecular flexibility index (Phi) is 4.69. The van der Waals surface area contributed by atoms with Crippen LogP contribution in [-0.2, 0) is 0 Å². The van der Waals surface area contributed by atoms with Crippen LogP contribution in [-0.4, -0.2) is 41.2 Å². The van der Waals surface area contributed by atoms with Crippen LogP contribution in [0.25, 0.3) is 0 Å². The highest BCUT2D eigenvalue weighted by atomic mass is 16.3. The Bertz CT molecular complexity index is 914. The number of rotatable bonds is 3. The van der Waals surface area contributed by atoms with Crippen molar-refractivity contribution in [2.24, 2.45) is 0 Å². The Labute approximate surface area is 147 Å². The molecule has 0 radical (unpaired) electrons. The minimum atomic E-state index is -0.338. The average Bonchev–Trinajstić information content (AvgIpc) is 2.64. The summed E-state index contributed by atoms with van der Waals surface area (Å²) in [6.07, 6.45) is 0. The summed E-state index contributed by atoms with van der Waals surface area (Å²) in [7, 11) is 0. The first-order valence-electron chi connectivity index (χ1n) is 8.34. The lowest BCUT2D eigenvalue weighted by Gasteiger charge is -2.19. The number of phenolic OH excluding ortho intramolecular Hbond substituents is 1. The lowest BCUT2D eigenvalue weighted by molar-refractivity contribution is 0.0976. The predicted molar refractivity (Wildman–Crippen MR) is 96.1 cm³/mol. The molecule has 1 N–H and O–H groups in total. The number of carbonyl (C=O) groups excluding carboxylic acids is 2. The molecule has 0 unspecified atom stereocenters. The SMILES string of the molecule is CCN(CC)CC#Cc1ccc(O)c2c1C(=O)c1ccccc1C2=O. The van der Waals surface area contributed by atoms with E-state index in [1.54, 1.807) is 30.3 Å². The van der Waals surface area contributed by atoms with Crippen LogP contribution in [0.3, 0.4) is 0 Å². The zero-order valence-corrected chi connectivity index (χ0v) is 14.3. The number of phenols is 1. The van der Waals surface area contributed by atoms with Crippen molar-refractivity contribution in [2.45, 2.75) is 13.8 Å². The number of hydrogen-bond acceptors (Lipinski definition) is 4. The Balaban J connectivity index is 2.09. The fourth-order valence-corrected chi connectivity index (χ4v) is 3.00. The van der Waals surface area contributed by atoms with E-state index >= 15 is 0 Å². The summed E-state index contributed by atoms with van der Waals surface area (Å²) in [5.74, 6) is 5.28. The van der Waals surface area contributed by atoms with Crippen molar-refractivity contribution in [2.75, 3.05) is 19.6 Å². The van der Waals surface area contributed by atoms with Gasteiger partial charge in [0.15, 0.2) is 11.6 Å². The number of ketones is 2. The number of carbonyl (C=O) groups is 2. The summed E-state index contributed by atoms with van der Waals surface area (Å²) in [4.78, 5) is 27.8. The zero-order valence-electron chi connectivity index (χ0n) is 14.3. The normalized spacial score (nSPS) is 12.4. The van der Waals surface area contributed by atoms with Crippen molar-refractivity contribution in [1.29, 1.82) is 0 Å². The second-order valence-corrected chi connectivity index (χ2v) is 5.85. The second-order valence-electron chi connectivity index (χ2n) is 5.85. The standard InChI is InChI=1S/C21H19NO3/c1-3-22(4-2)13-7-8-14-11-12-17(23)19-18(14)20(24)15-9-5-6-10-16(15)21(19)25/h5-6,9-12,23H,3-4,13H2,1-2H3. The summed E-state index contributed by atoms with van der Waals surface area (Å²) in [6, 6.07) is 9.71. The van der Waals surface area contributed by atoms with Crippen LogP contribution in [0.15, 0.2) is 36.4 Å². The Hall–Kier alpha value is -2.90. The first kappa shape index (κ1) is 16.9. The smallest absolute Gasteiger partial charge is 0.198 e. The zero-order chi connectivity index (χ0) is 18.0. The monoisotopic (exact) mass is 333 g/mol. The van der Waals surface area contributed by atoms with E-state index in [0.717, 1.165) is 13.1 Å². The van der Waals surface area contributed by atoms with Crippen LogP contribution < -0.4 is 0 Å². The topological polar surface area (TPSA) is 57.6 Å². The van der Waals surface area contributed by atoms with Crippen LogP contribution in [0.5, 0.6) is 5.75 Å².